The van der Waals surface area contributed by atoms with Gasteiger partial charge in [0.2, 0.25) is 5.91 Å². The van der Waals surface area contributed by atoms with Crippen LogP contribution in [0.2, 0.25) is 0 Å². The number of benzene rings is 1. The van der Waals surface area contributed by atoms with E-state index in [4.69, 9.17) is 5.73 Å². The molecule has 2 rings (SSSR count). The molecule has 6 heteroatoms. The minimum atomic E-state index is -1.02. The molecule has 1 aromatic rings. The minimum absolute atomic E-state index is 0.0461. The first-order valence-electron chi connectivity index (χ1n) is 6.00. The highest BCUT2D eigenvalue weighted by Gasteiger charge is 2.37. The fourth-order valence-electron chi connectivity index (χ4n) is 2.32. The summed E-state index contributed by atoms with van der Waals surface area (Å²) in [6.45, 7) is 0.803. The van der Waals surface area contributed by atoms with E-state index >= 15 is 0 Å². The van der Waals surface area contributed by atoms with Crippen molar-refractivity contribution in [2.45, 2.75) is 12.5 Å². The van der Waals surface area contributed by atoms with Gasteiger partial charge in [0.1, 0.15) is 0 Å². The number of likely N-dealkylation sites (tertiary alicyclic amines) is 1. The first kappa shape index (κ1) is 14.0. The van der Waals surface area contributed by atoms with Gasteiger partial charge >= 0.3 is 5.97 Å². The van der Waals surface area contributed by atoms with Gasteiger partial charge in [-0.25, -0.2) is 4.79 Å². The Morgan fingerprint density at radius 3 is 2.58 bits per heavy atom. The molecule has 1 aromatic carbocycles. The van der Waals surface area contributed by atoms with Crippen molar-refractivity contribution in [2.75, 3.05) is 13.1 Å². The quantitative estimate of drug-likeness (QED) is 0.875. The highest BCUT2D eigenvalue weighted by molar-refractivity contribution is 9.10. The van der Waals surface area contributed by atoms with Crippen LogP contribution in [0.1, 0.15) is 18.0 Å². The molecule has 0 aromatic heterocycles. The van der Waals surface area contributed by atoms with Crippen molar-refractivity contribution >= 4 is 27.8 Å². The summed E-state index contributed by atoms with van der Waals surface area (Å²) < 4.78 is 0.868. The number of carbonyl (C=O) groups excluding carboxylic acids is 1. The van der Waals surface area contributed by atoms with Gasteiger partial charge in [0.05, 0.1) is 0 Å². The first-order chi connectivity index (χ1) is 9.02. The molecule has 0 aliphatic carbocycles. The lowest BCUT2D eigenvalue weighted by atomic mass is 10.1. The van der Waals surface area contributed by atoms with Gasteiger partial charge < -0.3 is 15.7 Å². The average Bonchev–Trinajstić information content (AvgIpc) is 2.73. The molecule has 1 aliphatic rings. The molecule has 2 atom stereocenters. The molecule has 5 nitrogen and oxygen atoms in total. The lowest BCUT2D eigenvalue weighted by Crippen LogP contribution is -2.35. The molecule has 1 saturated heterocycles. The zero-order chi connectivity index (χ0) is 14.0. The molecule has 0 bridgehead atoms. The van der Waals surface area contributed by atoms with E-state index in [2.05, 4.69) is 15.9 Å². The Hall–Kier alpha value is -1.40. The molecule has 0 saturated carbocycles. The van der Waals surface area contributed by atoms with Gasteiger partial charge in [-0.15, -0.1) is 0 Å². The van der Waals surface area contributed by atoms with Crippen molar-refractivity contribution in [1.29, 1.82) is 0 Å². The molecule has 0 radical (unpaired) electrons. The third-order valence-corrected chi connectivity index (χ3v) is 3.83. The van der Waals surface area contributed by atoms with E-state index in [1.54, 1.807) is 24.3 Å². The number of nitrogens with two attached hydrogens (primary N) is 1. The number of aliphatic carboxylic acids is 1. The molecule has 3 N–H and O–H groups in total. The summed E-state index contributed by atoms with van der Waals surface area (Å²) in [6.07, 6.45) is 0.330. The number of carboxylic acids is 1. The Kier molecular flexibility index (Phi) is 4.21. The van der Waals surface area contributed by atoms with Crippen LogP contribution in [0.25, 0.3) is 0 Å². The maximum Gasteiger partial charge on any atom is 0.331 e. The molecule has 1 heterocycles. The summed E-state index contributed by atoms with van der Waals surface area (Å²) in [7, 11) is 0. The van der Waals surface area contributed by atoms with Crippen LogP contribution in [0.5, 0.6) is 0 Å². The van der Waals surface area contributed by atoms with Gasteiger partial charge in [0, 0.05) is 17.4 Å². The Bertz CT molecular complexity index is 489. The van der Waals surface area contributed by atoms with E-state index in [0.717, 1.165) is 4.47 Å². The number of nitrogens with zero attached hydrogens (tertiary/aromatic N) is 1. The van der Waals surface area contributed by atoms with Crippen LogP contribution in [0.3, 0.4) is 0 Å². The third-order valence-electron chi connectivity index (χ3n) is 3.30. The lowest BCUT2D eigenvalue weighted by molar-refractivity contribution is -0.148. The third kappa shape index (κ3) is 2.96. The fourth-order valence-corrected chi connectivity index (χ4v) is 2.58. The summed E-state index contributed by atoms with van der Waals surface area (Å²) in [5, 5.41) is 9.40. The van der Waals surface area contributed by atoms with E-state index in [0.29, 0.717) is 25.1 Å². The second-order valence-corrected chi connectivity index (χ2v) is 5.56. The van der Waals surface area contributed by atoms with Crippen LogP contribution < -0.4 is 5.73 Å². The van der Waals surface area contributed by atoms with Crippen LogP contribution >= 0.6 is 15.9 Å². The zero-order valence-electron chi connectivity index (χ0n) is 10.3. The van der Waals surface area contributed by atoms with Crippen molar-refractivity contribution in [2.24, 2.45) is 11.7 Å². The predicted octanol–water partition coefficient (Wildman–Crippen LogP) is 1.38. The highest BCUT2D eigenvalue weighted by Crippen LogP contribution is 2.29. The van der Waals surface area contributed by atoms with Gasteiger partial charge in [-0.05, 0) is 30.2 Å². The predicted molar refractivity (Wildman–Crippen MR) is 73.4 cm³/mol. The van der Waals surface area contributed by atoms with E-state index in [1.807, 2.05) is 0 Å². The van der Waals surface area contributed by atoms with Gasteiger partial charge in [-0.3, -0.25) is 4.79 Å². The Morgan fingerprint density at radius 1 is 1.47 bits per heavy atom. The van der Waals surface area contributed by atoms with E-state index in [9.17, 15) is 14.7 Å². The monoisotopic (exact) mass is 326 g/mol. The van der Waals surface area contributed by atoms with Crippen molar-refractivity contribution in [3.05, 3.63) is 34.3 Å². The number of carboxylic acid groups (broad SMARTS) is 1. The van der Waals surface area contributed by atoms with Crippen molar-refractivity contribution in [3.63, 3.8) is 0 Å². The molecule has 1 fully saturated rings. The van der Waals surface area contributed by atoms with Gasteiger partial charge in [0.25, 0.3) is 0 Å². The zero-order valence-corrected chi connectivity index (χ0v) is 11.8. The molecule has 0 spiro atoms. The van der Waals surface area contributed by atoms with E-state index in [1.165, 1.54) is 4.90 Å². The Balaban J connectivity index is 2.28. The summed E-state index contributed by atoms with van der Waals surface area (Å²) in [5.74, 6) is -1.12. The van der Waals surface area contributed by atoms with Crippen LogP contribution in [-0.2, 0) is 9.59 Å². The lowest BCUT2D eigenvalue weighted by Gasteiger charge is -2.25. The van der Waals surface area contributed by atoms with E-state index < -0.39 is 12.0 Å². The van der Waals surface area contributed by atoms with Crippen LogP contribution in [0.15, 0.2) is 28.7 Å². The highest BCUT2D eigenvalue weighted by atomic mass is 79.9. The second-order valence-electron chi connectivity index (χ2n) is 4.64. The number of rotatable bonds is 4. The fraction of sp³-hybridized carbons (Fsp3) is 0.385. The van der Waals surface area contributed by atoms with Crippen molar-refractivity contribution in [1.82, 2.24) is 4.90 Å². The van der Waals surface area contributed by atoms with Gasteiger partial charge in [0.15, 0.2) is 6.04 Å². The topological polar surface area (TPSA) is 83.6 Å². The minimum Gasteiger partial charge on any atom is -0.479 e. The number of halogens is 1. The summed E-state index contributed by atoms with van der Waals surface area (Å²) in [6, 6.07) is 6.04. The molecule has 1 aliphatic heterocycles. The standard InChI is InChI=1S/C13H15BrN2O3/c14-10-3-1-9(2-4-10)12(13(18)19)16-7-8(6-15)5-11(16)17/h1-4,8,12H,5-7,15H2,(H,18,19). The molecular formula is C13H15BrN2O3. The second kappa shape index (κ2) is 5.71. The molecule has 1 amide bonds. The van der Waals surface area contributed by atoms with E-state index in [-0.39, 0.29) is 11.8 Å². The van der Waals surface area contributed by atoms with Crippen molar-refractivity contribution < 1.29 is 14.7 Å². The summed E-state index contributed by atoms with van der Waals surface area (Å²) >= 11 is 3.30. The molecule has 102 valence electrons. The molecule has 2 unspecified atom stereocenters. The largest absolute Gasteiger partial charge is 0.479 e. The van der Waals surface area contributed by atoms with Crippen molar-refractivity contribution in [3.8, 4) is 0 Å². The normalized spacial score (nSPS) is 20.6. The number of hydrogen-bond donors (Lipinski definition) is 2. The molecular weight excluding hydrogens is 312 g/mol. The molecule has 19 heavy (non-hydrogen) atoms. The average molecular weight is 327 g/mol. The van der Waals surface area contributed by atoms with Crippen LogP contribution in [0, 0.1) is 5.92 Å². The first-order valence-corrected chi connectivity index (χ1v) is 6.80. The maximum atomic E-state index is 11.9. The summed E-state index contributed by atoms with van der Waals surface area (Å²) in [5.41, 5.74) is 6.16. The number of hydrogen-bond acceptors (Lipinski definition) is 3. The Labute approximate surface area is 119 Å². The number of amides is 1. The smallest absolute Gasteiger partial charge is 0.331 e. The van der Waals surface area contributed by atoms with Gasteiger partial charge in [-0.1, -0.05) is 28.1 Å². The van der Waals surface area contributed by atoms with Gasteiger partial charge in [-0.2, -0.15) is 0 Å². The van der Waals surface area contributed by atoms with Crippen LogP contribution in [-0.4, -0.2) is 35.0 Å². The van der Waals surface area contributed by atoms with Crippen LogP contribution in [0.4, 0.5) is 0 Å². The maximum absolute atomic E-state index is 11.9. The Morgan fingerprint density at radius 2 is 2.11 bits per heavy atom. The SMILES string of the molecule is NCC1CC(=O)N(C(C(=O)O)c2ccc(Br)cc2)C1. The summed E-state index contributed by atoms with van der Waals surface area (Å²) in [4.78, 5) is 24.8. The number of carbonyl (C=O) groups is 2.